The van der Waals surface area contributed by atoms with Crippen molar-refractivity contribution in [2.45, 2.75) is 315 Å². The Kier molecular flexibility index (Phi) is 53.6. The Bertz CT molecular complexity index is 1310. The van der Waals surface area contributed by atoms with E-state index in [4.69, 9.17) is 23.3 Å². The molecule has 3 atom stereocenters. The molecule has 72 heavy (non-hydrogen) atoms. The molecular formula is C60H113O11P. The van der Waals surface area contributed by atoms with E-state index in [1.165, 1.54) is 161 Å². The lowest BCUT2D eigenvalue weighted by molar-refractivity contribution is -0.161. The van der Waals surface area contributed by atoms with E-state index in [-0.39, 0.29) is 25.9 Å². The van der Waals surface area contributed by atoms with Crippen LogP contribution in [0.5, 0.6) is 0 Å². The molecule has 0 saturated heterocycles. The van der Waals surface area contributed by atoms with Gasteiger partial charge in [0.2, 0.25) is 0 Å². The summed E-state index contributed by atoms with van der Waals surface area (Å²) in [6.45, 7) is 4.63. The van der Waals surface area contributed by atoms with Gasteiger partial charge in [0.1, 0.15) is 12.7 Å². The maximum absolute atomic E-state index is 12.9. The van der Waals surface area contributed by atoms with Gasteiger partial charge in [-0.1, -0.05) is 263 Å². The van der Waals surface area contributed by atoms with Crippen LogP contribution >= 0.6 is 7.82 Å². The van der Waals surface area contributed by atoms with Crippen LogP contribution in [0.3, 0.4) is 0 Å². The van der Waals surface area contributed by atoms with E-state index in [9.17, 15) is 28.9 Å². The van der Waals surface area contributed by atoms with Gasteiger partial charge in [-0.15, -0.1) is 0 Å². The van der Waals surface area contributed by atoms with Gasteiger partial charge in [-0.3, -0.25) is 23.4 Å². The zero-order valence-corrected chi connectivity index (χ0v) is 47.8. The highest BCUT2D eigenvalue weighted by Gasteiger charge is 2.28. The largest absolute Gasteiger partial charge is 0.472 e. The van der Waals surface area contributed by atoms with E-state index in [2.05, 4.69) is 45.1 Å². The van der Waals surface area contributed by atoms with Crippen molar-refractivity contribution in [3.8, 4) is 0 Å². The molecule has 2 N–H and O–H groups in total. The quantitative estimate of drug-likeness (QED) is 0.0197. The molecule has 0 radical (unpaired) electrons. The fourth-order valence-electron chi connectivity index (χ4n) is 8.75. The minimum atomic E-state index is -4.74. The van der Waals surface area contributed by atoms with Gasteiger partial charge in [-0.25, -0.2) is 4.57 Å². The molecule has 0 saturated carbocycles. The van der Waals surface area contributed by atoms with Crippen LogP contribution in [0.2, 0.25) is 0 Å². The van der Waals surface area contributed by atoms with Gasteiger partial charge in [-0.05, 0) is 44.9 Å². The minimum Gasteiger partial charge on any atom is -0.462 e. The Balaban J connectivity index is 4.66. The summed E-state index contributed by atoms with van der Waals surface area (Å²) >= 11 is 0. The van der Waals surface area contributed by atoms with Crippen LogP contribution in [0.15, 0.2) is 24.3 Å². The second-order valence-electron chi connectivity index (χ2n) is 20.5. The molecule has 0 rings (SSSR count). The lowest BCUT2D eigenvalue weighted by Gasteiger charge is -2.21. The number of esters is 3. The second kappa shape index (κ2) is 55.2. The number of aliphatic hydroxyl groups excluding tert-OH is 1. The summed E-state index contributed by atoms with van der Waals surface area (Å²) < 4.78 is 39.6. The van der Waals surface area contributed by atoms with E-state index in [1.807, 2.05) is 0 Å². The molecule has 424 valence electrons. The monoisotopic (exact) mass is 1040 g/mol. The molecule has 0 heterocycles. The predicted octanol–water partition coefficient (Wildman–Crippen LogP) is 17.8. The standard InChI is InChI=1S/C60H113O11P/c1-4-7-10-13-16-19-22-25-27-28-30-33-36-39-42-45-48-51-60(64)71-57(53-67-58(62)49-46-43-40-37-34-31-24-21-18-15-12-9-6-3)55-69-72(65,66)68-54-56(52-61)70-59(63)50-47-44-41-38-35-32-29-26-23-20-17-14-11-8-5-2/h12,15,21,24,56-57,61H,4-11,13-14,16-20,22-23,25-55H2,1-3H3,(H,65,66)/b15-12-,24-21-. The molecule has 0 aliphatic rings. The first-order valence-electron chi connectivity index (χ1n) is 30.2. The van der Waals surface area contributed by atoms with Crippen molar-refractivity contribution >= 4 is 25.7 Å². The van der Waals surface area contributed by atoms with E-state index >= 15 is 0 Å². The molecule has 0 aliphatic heterocycles. The Morgan fingerprint density at radius 3 is 1.08 bits per heavy atom. The van der Waals surface area contributed by atoms with Gasteiger partial charge in [-0.2, -0.15) is 0 Å². The Labute approximate surface area is 442 Å². The third-order valence-corrected chi connectivity index (χ3v) is 14.3. The van der Waals surface area contributed by atoms with Crippen LogP contribution in [0.25, 0.3) is 0 Å². The summed E-state index contributed by atoms with van der Waals surface area (Å²) in [7, 11) is -4.74. The summed E-state index contributed by atoms with van der Waals surface area (Å²) in [4.78, 5) is 48.6. The van der Waals surface area contributed by atoms with Gasteiger partial charge in [0.05, 0.1) is 19.8 Å². The van der Waals surface area contributed by atoms with Crippen molar-refractivity contribution in [2.75, 3.05) is 26.4 Å². The molecule has 0 fully saturated rings. The third-order valence-electron chi connectivity index (χ3n) is 13.4. The molecule has 0 aromatic heterocycles. The fraction of sp³-hybridized carbons (Fsp3) is 0.883. The SMILES string of the molecule is CCC/C=C\C/C=C\CCCCCCCC(=O)OCC(COP(=O)(O)OCC(CO)OC(=O)CCCCCCCCCCCCCCCCC)OC(=O)CCCCCCCCCCCCCCCCCCC. The van der Waals surface area contributed by atoms with Crippen molar-refractivity contribution in [3.63, 3.8) is 0 Å². The zero-order valence-electron chi connectivity index (χ0n) is 46.9. The number of carbonyl (C=O) groups is 3. The maximum atomic E-state index is 12.9. The molecule has 0 aromatic carbocycles. The molecular weight excluding hydrogens is 928 g/mol. The molecule has 12 heteroatoms. The first kappa shape index (κ1) is 70.0. The van der Waals surface area contributed by atoms with E-state index in [0.717, 1.165) is 83.5 Å². The average Bonchev–Trinajstić information content (AvgIpc) is 3.37. The van der Waals surface area contributed by atoms with Crippen molar-refractivity contribution in [2.24, 2.45) is 0 Å². The number of allylic oxidation sites excluding steroid dienone is 4. The summed E-state index contributed by atoms with van der Waals surface area (Å²) in [5, 5.41) is 9.82. The smallest absolute Gasteiger partial charge is 0.462 e. The highest BCUT2D eigenvalue weighted by Crippen LogP contribution is 2.43. The molecule has 0 bridgehead atoms. The molecule has 0 spiro atoms. The van der Waals surface area contributed by atoms with Crippen molar-refractivity contribution in [1.82, 2.24) is 0 Å². The molecule has 11 nitrogen and oxygen atoms in total. The number of phosphoric ester groups is 1. The summed E-state index contributed by atoms with van der Waals surface area (Å²) in [6.07, 6.45) is 55.6. The summed E-state index contributed by atoms with van der Waals surface area (Å²) in [6, 6.07) is 0. The highest BCUT2D eigenvalue weighted by molar-refractivity contribution is 7.47. The number of hydrogen-bond donors (Lipinski definition) is 2. The molecule has 0 amide bonds. The van der Waals surface area contributed by atoms with Crippen molar-refractivity contribution in [1.29, 1.82) is 0 Å². The Morgan fingerprint density at radius 1 is 0.389 bits per heavy atom. The van der Waals surface area contributed by atoms with Gasteiger partial charge < -0.3 is 24.2 Å². The topological polar surface area (TPSA) is 155 Å². The van der Waals surface area contributed by atoms with E-state index in [0.29, 0.717) is 19.3 Å². The Morgan fingerprint density at radius 2 is 0.708 bits per heavy atom. The number of carbonyl (C=O) groups excluding carboxylic acids is 3. The van der Waals surface area contributed by atoms with E-state index < -0.39 is 57.8 Å². The zero-order chi connectivity index (χ0) is 52.7. The predicted molar refractivity (Wildman–Crippen MR) is 298 cm³/mol. The van der Waals surface area contributed by atoms with Gasteiger partial charge in [0, 0.05) is 19.3 Å². The van der Waals surface area contributed by atoms with Gasteiger partial charge in [0.15, 0.2) is 6.10 Å². The van der Waals surface area contributed by atoms with Crippen LogP contribution < -0.4 is 0 Å². The first-order valence-corrected chi connectivity index (χ1v) is 31.7. The summed E-state index contributed by atoms with van der Waals surface area (Å²) in [5.74, 6) is -1.45. The van der Waals surface area contributed by atoms with Crippen LogP contribution in [0.1, 0.15) is 303 Å². The number of aliphatic hydroxyl groups is 1. The fourth-order valence-corrected chi connectivity index (χ4v) is 9.53. The van der Waals surface area contributed by atoms with E-state index in [1.54, 1.807) is 0 Å². The van der Waals surface area contributed by atoms with Gasteiger partial charge in [0.25, 0.3) is 0 Å². The molecule has 3 unspecified atom stereocenters. The number of phosphoric acid groups is 1. The van der Waals surface area contributed by atoms with Crippen LogP contribution in [0, 0.1) is 0 Å². The lowest BCUT2D eigenvalue weighted by Crippen LogP contribution is -2.30. The normalized spacial score (nSPS) is 13.5. The van der Waals surface area contributed by atoms with Crippen molar-refractivity contribution in [3.05, 3.63) is 24.3 Å². The maximum Gasteiger partial charge on any atom is 0.472 e. The third kappa shape index (κ3) is 52.8. The number of unbranched alkanes of at least 4 members (excludes halogenated alkanes) is 36. The highest BCUT2D eigenvalue weighted by atomic mass is 31.2. The Hall–Kier alpha value is -2.04. The average molecular weight is 1040 g/mol. The lowest BCUT2D eigenvalue weighted by atomic mass is 10.0. The van der Waals surface area contributed by atoms with Gasteiger partial charge >= 0.3 is 25.7 Å². The first-order chi connectivity index (χ1) is 35.2. The molecule has 0 aromatic rings. The van der Waals surface area contributed by atoms with Crippen LogP contribution in [-0.2, 0) is 42.2 Å². The van der Waals surface area contributed by atoms with Crippen molar-refractivity contribution < 1.29 is 52.2 Å². The number of rotatable bonds is 57. The molecule has 0 aliphatic carbocycles. The second-order valence-corrected chi connectivity index (χ2v) is 22.0. The minimum absolute atomic E-state index is 0.172. The van der Waals surface area contributed by atoms with Crippen LogP contribution in [-0.4, -0.2) is 66.5 Å². The number of hydrogen-bond acceptors (Lipinski definition) is 10. The summed E-state index contributed by atoms with van der Waals surface area (Å²) in [5.41, 5.74) is 0. The van der Waals surface area contributed by atoms with Crippen LogP contribution in [0.4, 0.5) is 0 Å². The number of ether oxygens (including phenoxy) is 3.